The van der Waals surface area contributed by atoms with Crippen molar-refractivity contribution in [1.29, 1.82) is 5.41 Å². The molecule has 0 atom stereocenters. The number of nitrogens with two attached hydrogens (primary N) is 1. The second-order valence-corrected chi connectivity index (χ2v) is 7.31. The van der Waals surface area contributed by atoms with Gasteiger partial charge < -0.3 is 11.1 Å². The number of guanidine groups is 1. The van der Waals surface area contributed by atoms with Crippen molar-refractivity contribution in [3.05, 3.63) is 0 Å². The summed E-state index contributed by atoms with van der Waals surface area (Å²) in [6.45, 7) is 14.4. The van der Waals surface area contributed by atoms with Gasteiger partial charge in [0.2, 0.25) is 0 Å². The Balaban J connectivity index is 4.32. The third-order valence-corrected chi connectivity index (χ3v) is 3.29. The van der Waals surface area contributed by atoms with Gasteiger partial charge in [0.05, 0.1) is 6.54 Å². The van der Waals surface area contributed by atoms with Crippen molar-refractivity contribution in [1.82, 2.24) is 10.2 Å². The molecule has 5 heteroatoms. The van der Waals surface area contributed by atoms with Crippen molar-refractivity contribution in [3.8, 4) is 0 Å². The quantitative estimate of drug-likeness (QED) is 0.379. The SMILES string of the molecule is CC(C)(C)C(=O)CN(CCCCNC(=N)N)C(C)(C)C. The maximum absolute atomic E-state index is 12.2. The molecule has 0 heterocycles. The van der Waals surface area contributed by atoms with Crippen LogP contribution in [0.5, 0.6) is 0 Å². The summed E-state index contributed by atoms with van der Waals surface area (Å²) >= 11 is 0. The van der Waals surface area contributed by atoms with Gasteiger partial charge >= 0.3 is 0 Å². The number of unbranched alkanes of at least 4 members (excludes halogenated alkanes) is 1. The average Bonchev–Trinajstić information content (AvgIpc) is 2.23. The Kier molecular flexibility index (Phi) is 7.20. The lowest BCUT2D eigenvalue weighted by Crippen LogP contribution is -2.47. The number of carbonyl (C=O) groups excluding carboxylic acids is 1. The Morgan fingerprint density at radius 2 is 1.70 bits per heavy atom. The van der Waals surface area contributed by atoms with Gasteiger partial charge in [0.25, 0.3) is 0 Å². The van der Waals surface area contributed by atoms with Gasteiger partial charge in [-0.25, -0.2) is 0 Å². The molecule has 0 saturated heterocycles. The second kappa shape index (κ2) is 7.62. The fraction of sp³-hybridized carbons (Fsp3) is 0.867. The van der Waals surface area contributed by atoms with Crippen LogP contribution in [0.2, 0.25) is 0 Å². The molecule has 0 aliphatic rings. The number of hydrogen-bond acceptors (Lipinski definition) is 3. The Hall–Kier alpha value is -1.10. The van der Waals surface area contributed by atoms with Gasteiger partial charge in [-0.3, -0.25) is 15.1 Å². The van der Waals surface area contributed by atoms with Crippen molar-refractivity contribution < 1.29 is 4.79 Å². The zero-order valence-corrected chi connectivity index (χ0v) is 14.0. The Morgan fingerprint density at radius 1 is 1.15 bits per heavy atom. The predicted molar refractivity (Wildman–Crippen MR) is 84.9 cm³/mol. The van der Waals surface area contributed by atoms with Gasteiger partial charge in [-0.15, -0.1) is 0 Å². The molecule has 118 valence electrons. The van der Waals surface area contributed by atoms with E-state index >= 15 is 0 Å². The first-order valence-electron chi connectivity index (χ1n) is 7.31. The number of rotatable bonds is 7. The molecule has 0 aliphatic heterocycles. The summed E-state index contributed by atoms with van der Waals surface area (Å²) in [6.07, 6.45) is 1.92. The molecule has 20 heavy (non-hydrogen) atoms. The van der Waals surface area contributed by atoms with Crippen LogP contribution >= 0.6 is 0 Å². The van der Waals surface area contributed by atoms with Crippen molar-refractivity contribution in [2.24, 2.45) is 11.1 Å². The Bertz CT molecular complexity index is 326. The topological polar surface area (TPSA) is 82.2 Å². The summed E-state index contributed by atoms with van der Waals surface area (Å²) < 4.78 is 0. The van der Waals surface area contributed by atoms with E-state index in [0.29, 0.717) is 13.1 Å². The first kappa shape index (κ1) is 18.9. The third-order valence-electron chi connectivity index (χ3n) is 3.29. The van der Waals surface area contributed by atoms with E-state index in [0.717, 1.165) is 19.4 Å². The van der Waals surface area contributed by atoms with E-state index in [-0.39, 0.29) is 22.7 Å². The van der Waals surface area contributed by atoms with Crippen LogP contribution in [0.15, 0.2) is 0 Å². The van der Waals surface area contributed by atoms with E-state index in [4.69, 9.17) is 11.1 Å². The summed E-state index contributed by atoms with van der Waals surface area (Å²) in [5.41, 5.74) is 4.92. The van der Waals surface area contributed by atoms with Gasteiger partial charge in [0.1, 0.15) is 0 Å². The number of ketones is 1. The van der Waals surface area contributed by atoms with Gasteiger partial charge in [-0.05, 0) is 40.2 Å². The van der Waals surface area contributed by atoms with Crippen LogP contribution in [0.25, 0.3) is 0 Å². The zero-order valence-electron chi connectivity index (χ0n) is 14.0. The summed E-state index contributed by atoms with van der Waals surface area (Å²) in [5.74, 6) is 0.287. The largest absolute Gasteiger partial charge is 0.370 e. The molecule has 0 unspecified atom stereocenters. The lowest BCUT2D eigenvalue weighted by Gasteiger charge is -2.36. The van der Waals surface area contributed by atoms with E-state index in [1.807, 2.05) is 20.8 Å². The zero-order chi connectivity index (χ0) is 16.0. The number of hydrogen-bond donors (Lipinski definition) is 3. The molecule has 5 nitrogen and oxygen atoms in total. The molecule has 0 saturated carbocycles. The average molecular weight is 284 g/mol. The molecule has 0 fully saturated rings. The normalized spacial score (nSPS) is 12.6. The highest BCUT2D eigenvalue weighted by Gasteiger charge is 2.28. The summed E-state index contributed by atoms with van der Waals surface area (Å²) in [7, 11) is 0. The molecule has 0 aromatic rings. The molecular formula is C15H32N4O. The molecule has 0 aromatic carbocycles. The molecule has 0 spiro atoms. The first-order chi connectivity index (χ1) is 8.94. The van der Waals surface area contributed by atoms with Crippen molar-refractivity contribution in [2.45, 2.75) is 59.9 Å². The monoisotopic (exact) mass is 284 g/mol. The van der Waals surface area contributed by atoms with Crippen molar-refractivity contribution in [3.63, 3.8) is 0 Å². The maximum atomic E-state index is 12.2. The lowest BCUT2D eigenvalue weighted by molar-refractivity contribution is -0.128. The summed E-state index contributed by atoms with van der Waals surface area (Å²) in [4.78, 5) is 14.4. The van der Waals surface area contributed by atoms with Gasteiger partial charge in [0.15, 0.2) is 11.7 Å². The van der Waals surface area contributed by atoms with Crippen molar-refractivity contribution in [2.75, 3.05) is 19.6 Å². The van der Waals surface area contributed by atoms with Gasteiger partial charge in [-0.1, -0.05) is 20.8 Å². The minimum absolute atomic E-state index is 0.0144. The molecule has 4 N–H and O–H groups in total. The molecule has 0 rings (SSSR count). The lowest BCUT2D eigenvalue weighted by atomic mass is 9.89. The third kappa shape index (κ3) is 8.15. The minimum Gasteiger partial charge on any atom is -0.370 e. The number of nitrogens with one attached hydrogen (secondary N) is 2. The van der Waals surface area contributed by atoms with E-state index < -0.39 is 0 Å². The fourth-order valence-electron chi connectivity index (χ4n) is 1.71. The summed E-state index contributed by atoms with van der Waals surface area (Å²) in [6, 6.07) is 0. The molecule has 0 amide bonds. The smallest absolute Gasteiger partial charge is 0.185 e. The number of carbonyl (C=O) groups is 1. The highest BCUT2D eigenvalue weighted by molar-refractivity contribution is 5.85. The molecule has 0 bridgehead atoms. The highest BCUT2D eigenvalue weighted by Crippen LogP contribution is 2.20. The second-order valence-electron chi connectivity index (χ2n) is 7.31. The van der Waals surface area contributed by atoms with Gasteiger partial charge in [0, 0.05) is 17.5 Å². The number of Topliss-reactive ketones (excluding diaryl/α,β-unsaturated/α-hetero) is 1. The van der Waals surface area contributed by atoms with E-state index in [2.05, 4.69) is 31.0 Å². The molecule has 0 radical (unpaired) electrons. The number of nitrogens with zero attached hydrogens (tertiary/aromatic N) is 1. The van der Waals surface area contributed by atoms with E-state index in [1.165, 1.54) is 0 Å². The Labute approximate surface area is 123 Å². The van der Waals surface area contributed by atoms with Gasteiger partial charge in [-0.2, -0.15) is 0 Å². The Morgan fingerprint density at radius 3 is 2.10 bits per heavy atom. The van der Waals surface area contributed by atoms with Crippen LogP contribution in [0, 0.1) is 10.8 Å². The molecule has 0 aromatic heterocycles. The minimum atomic E-state index is -0.292. The standard InChI is InChI=1S/C15H32N4O/c1-14(2,3)12(20)11-19(15(4,5)6)10-8-7-9-18-13(16)17/h7-11H2,1-6H3,(H4,16,17,18). The summed E-state index contributed by atoms with van der Waals surface area (Å²) in [5, 5.41) is 9.88. The van der Waals surface area contributed by atoms with Crippen LogP contribution < -0.4 is 11.1 Å². The van der Waals surface area contributed by atoms with Crippen LogP contribution in [-0.2, 0) is 4.79 Å². The first-order valence-corrected chi connectivity index (χ1v) is 7.31. The van der Waals surface area contributed by atoms with Crippen LogP contribution in [0.1, 0.15) is 54.4 Å². The molecule has 0 aliphatic carbocycles. The highest BCUT2D eigenvalue weighted by atomic mass is 16.1. The van der Waals surface area contributed by atoms with Crippen LogP contribution in [0.3, 0.4) is 0 Å². The van der Waals surface area contributed by atoms with Crippen molar-refractivity contribution >= 4 is 11.7 Å². The van der Waals surface area contributed by atoms with Crippen LogP contribution in [-0.4, -0.2) is 41.8 Å². The van der Waals surface area contributed by atoms with Crippen LogP contribution in [0.4, 0.5) is 0 Å². The predicted octanol–water partition coefficient (Wildman–Crippen LogP) is 1.97. The van der Waals surface area contributed by atoms with E-state index in [9.17, 15) is 4.79 Å². The maximum Gasteiger partial charge on any atom is 0.185 e. The van der Waals surface area contributed by atoms with E-state index in [1.54, 1.807) is 0 Å². The molecular weight excluding hydrogens is 252 g/mol. The fourth-order valence-corrected chi connectivity index (χ4v) is 1.71.